The number of rotatable bonds is 7. The van der Waals surface area contributed by atoms with E-state index in [-0.39, 0.29) is 18.1 Å². The third kappa shape index (κ3) is 4.14. The van der Waals surface area contributed by atoms with E-state index in [1.54, 1.807) is 12.1 Å². The zero-order valence-corrected chi connectivity index (χ0v) is 12.1. The number of thiol groups is 1. The van der Waals surface area contributed by atoms with E-state index >= 15 is 0 Å². The Balaban J connectivity index is 3.03. The van der Waals surface area contributed by atoms with Gasteiger partial charge in [0.1, 0.15) is 18.1 Å². The summed E-state index contributed by atoms with van der Waals surface area (Å²) in [5, 5.41) is 19.5. The van der Waals surface area contributed by atoms with E-state index in [1.807, 2.05) is 6.92 Å². The zero-order valence-electron chi connectivity index (χ0n) is 11.2. The van der Waals surface area contributed by atoms with Crippen molar-refractivity contribution in [3.63, 3.8) is 0 Å². The van der Waals surface area contributed by atoms with Gasteiger partial charge >= 0.3 is 0 Å². The maximum Gasteiger partial charge on any atom is 0.163 e. The van der Waals surface area contributed by atoms with Gasteiger partial charge in [-0.2, -0.15) is 12.6 Å². The second kappa shape index (κ2) is 7.40. The normalized spacial score (nSPS) is 12.2. The molecule has 0 heterocycles. The number of phenols is 1. The molecule has 1 unspecified atom stereocenters. The molecule has 106 valence electrons. The van der Waals surface area contributed by atoms with E-state index in [9.17, 15) is 15.0 Å². The van der Waals surface area contributed by atoms with Gasteiger partial charge in [-0.15, -0.1) is 0 Å². The van der Waals surface area contributed by atoms with Crippen LogP contribution in [0.15, 0.2) is 12.1 Å². The molecule has 0 amide bonds. The number of carbonyl (C=O) groups is 1. The highest BCUT2D eigenvalue weighted by Crippen LogP contribution is 2.33. The van der Waals surface area contributed by atoms with Gasteiger partial charge < -0.3 is 14.9 Å². The van der Waals surface area contributed by atoms with Crippen LogP contribution in [0.1, 0.15) is 36.2 Å². The van der Waals surface area contributed by atoms with Crippen molar-refractivity contribution in [1.82, 2.24) is 0 Å². The fourth-order valence-corrected chi connectivity index (χ4v) is 1.87. The van der Waals surface area contributed by atoms with E-state index in [0.717, 1.165) is 6.42 Å². The van der Waals surface area contributed by atoms with E-state index in [2.05, 4.69) is 12.6 Å². The lowest BCUT2D eigenvalue weighted by Crippen LogP contribution is -2.19. The predicted octanol–water partition coefficient (Wildman–Crippen LogP) is 2.22. The molecule has 1 atom stereocenters. The number of hydrogen-bond donors (Lipinski definition) is 3. The summed E-state index contributed by atoms with van der Waals surface area (Å²) in [6.45, 7) is 3.50. The molecule has 1 aromatic rings. The number of carbonyl (C=O) groups excluding carboxylic acids is 1. The fraction of sp³-hybridized carbons (Fsp3) is 0.500. The van der Waals surface area contributed by atoms with Crippen LogP contribution in [0.5, 0.6) is 11.5 Å². The van der Waals surface area contributed by atoms with Gasteiger partial charge in [-0.3, -0.25) is 4.79 Å². The number of aromatic hydroxyl groups is 1. The van der Waals surface area contributed by atoms with Gasteiger partial charge in [-0.1, -0.05) is 13.3 Å². The van der Waals surface area contributed by atoms with Crippen LogP contribution in [-0.4, -0.2) is 34.5 Å². The van der Waals surface area contributed by atoms with Gasteiger partial charge in [0.2, 0.25) is 0 Å². The number of aliphatic hydroxyl groups excluding tert-OH is 1. The first kappa shape index (κ1) is 15.9. The molecule has 0 bridgehead atoms. The molecular formula is C14H20O4S. The Bertz CT molecular complexity index is 445. The Kier molecular flexibility index (Phi) is 6.18. The number of phenolic OH excluding ortho intramolecular Hbond substituents is 1. The van der Waals surface area contributed by atoms with Crippen molar-refractivity contribution in [1.29, 1.82) is 0 Å². The van der Waals surface area contributed by atoms with E-state index in [1.165, 1.54) is 6.92 Å². The molecule has 0 radical (unpaired) electrons. The lowest BCUT2D eigenvalue weighted by molar-refractivity contribution is 0.101. The number of aliphatic hydroxyl groups is 1. The van der Waals surface area contributed by atoms with Gasteiger partial charge in [-0.05, 0) is 25.5 Å². The van der Waals surface area contributed by atoms with Gasteiger partial charge in [-0.25, -0.2) is 0 Å². The summed E-state index contributed by atoms with van der Waals surface area (Å²) >= 11 is 3.97. The largest absolute Gasteiger partial charge is 0.507 e. The highest BCUT2D eigenvalue weighted by atomic mass is 32.1. The molecule has 1 rings (SSSR count). The van der Waals surface area contributed by atoms with Gasteiger partial charge in [0.25, 0.3) is 0 Å². The van der Waals surface area contributed by atoms with Crippen LogP contribution in [0.2, 0.25) is 0 Å². The molecule has 4 nitrogen and oxygen atoms in total. The molecule has 0 aliphatic heterocycles. The molecule has 5 heteroatoms. The molecule has 0 aromatic heterocycles. The monoisotopic (exact) mass is 284 g/mol. The molecule has 0 saturated heterocycles. The van der Waals surface area contributed by atoms with Crippen LogP contribution < -0.4 is 4.74 Å². The Labute approximate surface area is 118 Å². The van der Waals surface area contributed by atoms with E-state index < -0.39 is 6.10 Å². The quantitative estimate of drug-likeness (QED) is 0.530. The summed E-state index contributed by atoms with van der Waals surface area (Å²) in [7, 11) is 0. The number of hydrogen-bond acceptors (Lipinski definition) is 5. The van der Waals surface area contributed by atoms with Crippen LogP contribution in [0.25, 0.3) is 0 Å². The fourth-order valence-electron chi connectivity index (χ4n) is 1.77. The topological polar surface area (TPSA) is 66.8 Å². The second-order valence-electron chi connectivity index (χ2n) is 4.39. The minimum Gasteiger partial charge on any atom is -0.507 e. The van der Waals surface area contributed by atoms with Gasteiger partial charge in [0, 0.05) is 11.3 Å². The summed E-state index contributed by atoms with van der Waals surface area (Å²) in [5.74, 6) is 0.606. The van der Waals surface area contributed by atoms with Crippen molar-refractivity contribution in [2.45, 2.75) is 32.8 Å². The molecule has 0 aliphatic carbocycles. The third-order valence-electron chi connectivity index (χ3n) is 2.76. The Morgan fingerprint density at radius 3 is 2.68 bits per heavy atom. The Morgan fingerprint density at radius 1 is 1.47 bits per heavy atom. The van der Waals surface area contributed by atoms with Crippen LogP contribution in [0.3, 0.4) is 0 Å². The third-order valence-corrected chi connectivity index (χ3v) is 3.18. The number of Topliss-reactive ketones (excluding diaryl/α,β-unsaturated/α-hetero) is 1. The van der Waals surface area contributed by atoms with E-state index in [4.69, 9.17) is 4.74 Å². The predicted molar refractivity (Wildman–Crippen MR) is 77.5 cm³/mol. The van der Waals surface area contributed by atoms with Crippen LogP contribution in [-0.2, 0) is 6.42 Å². The standard InChI is InChI=1S/C14H20O4S/c1-3-4-12-13(18-7-10(16)8-19)6-5-11(9(2)15)14(12)17/h5-6,10,16-17,19H,3-4,7-8H2,1-2H3. The summed E-state index contributed by atoms with van der Waals surface area (Å²) in [5.41, 5.74) is 0.909. The van der Waals surface area contributed by atoms with Crippen molar-refractivity contribution in [2.75, 3.05) is 12.4 Å². The molecule has 2 N–H and O–H groups in total. The number of ketones is 1. The smallest absolute Gasteiger partial charge is 0.163 e. The Morgan fingerprint density at radius 2 is 2.16 bits per heavy atom. The van der Waals surface area contributed by atoms with Crippen molar-refractivity contribution in [3.8, 4) is 11.5 Å². The minimum absolute atomic E-state index is 0.0211. The first-order chi connectivity index (χ1) is 9.01. The van der Waals surface area contributed by atoms with Crippen molar-refractivity contribution in [3.05, 3.63) is 23.3 Å². The lowest BCUT2D eigenvalue weighted by atomic mass is 10.0. The summed E-state index contributed by atoms with van der Waals surface area (Å²) in [6, 6.07) is 3.20. The zero-order chi connectivity index (χ0) is 14.4. The molecule has 19 heavy (non-hydrogen) atoms. The van der Waals surface area contributed by atoms with Gasteiger partial charge in [0.05, 0.1) is 11.7 Å². The molecule has 0 aliphatic rings. The lowest BCUT2D eigenvalue weighted by Gasteiger charge is -2.16. The van der Waals surface area contributed by atoms with E-state index in [0.29, 0.717) is 29.1 Å². The van der Waals surface area contributed by atoms with Crippen LogP contribution in [0, 0.1) is 0 Å². The van der Waals surface area contributed by atoms with Crippen LogP contribution >= 0.6 is 12.6 Å². The average molecular weight is 284 g/mol. The summed E-state index contributed by atoms with van der Waals surface area (Å²) in [4.78, 5) is 11.4. The minimum atomic E-state index is -0.660. The first-order valence-corrected chi connectivity index (χ1v) is 6.92. The molecule has 0 saturated carbocycles. The van der Waals surface area contributed by atoms with Crippen molar-refractivity contribution >= 4 is 18.4 Å². The molecule has 0 spiro atoms. The number of benzene rings is 1. The highest BCUT2D eigenvalue weighted by Gasteiger charge is 2.16. The maximum absolute atomic E-state index is 11.4. The molecule has 0 fully saturated rings. The molecular weight excluding hydrogens is 264 g/mol. The van der Waals surface area contributed by atoms with Gasteiger partial charge in [0.15, 0.2) is 5.78 Å². The SMILES string of the molecule is CCCc1c(OCC(O)CS)ccc(C(C)=O)c1O. The van der Waals surface area contributed by atoms with Crippen molar-refractivity contribution < 1.29 is 19.7 Å². The molecule has 1 aromatic carbocycles. The Hall–Kier alpha value is -1.20. The highest BCUT2D eigenvalue weighted by molar-refractivity contribution is 7.80. The van der Waals surface area contributed by atoms with Crippen LogP contribution in [0.4, 0.5) is 0 Å². The second-order valence-corrected chi connectivity index (χ2v) is 4.76. The average Bonchev–Trinajstić information content (AvgIpc) is 2.38. The summed E-state index contributed by atoms with van der Waals surface area (Å²) in [6.07, 6.45) is 0.770. The summed E-state index contributed by atoms with van der Waals surface area (Å²) < 4.78 is 5.49. The first-order valence-electron chi connectivity index (χ1n) is 6.28. The maximum atomic E-state index is 11.4. The van der Waals surface area contributed by atoms with Crippen molar-refractivity contribution in [2.24, 2.45) is 0 Å². The number of ether oxygens (including phenoxy) is 1.